The predicted octanol–water partition coefficient (Wildman–Crippen LogP) is 4.03. The standard InChI is InChI=1S/C20H23NO4/c1-2-3-4-8-11-14-15(20(24)25)12-16(21)19(23)17(14)18(22)13-9-6-5-7-10-13/h5-7,9-10,12,23H,2-4,8,11,21H2,1H3,(H,24,25). The maximum atomic E-state index is 12.9. The molecule has 0 fully saturated rings. The molecule has 2 aromatic rings. The first-order valence-corrected chi connectivity index (χ1v) is 8.44. The zero-order valence-corrected chi connectivity index (χ0v) is 14.3. The van der Waals surface area contributed by atoms with Crippen LogP contribution in [0.15, 0.2) is 36.4 Å². The van der Waals surface area contributed by atoms with Gasteiger partial charge in [-0.15, -0.1) is 0 Å². The van der Waals surface area contributed by atoms with Crippen LogP contribution in [-0.2, 0) is 6.42 Å². The Morgan fingerprint density at radius 3 is 2.36 bits per heavy atom. The number of phenolic OH excluding ortho intramolecular Hbond substituents is 1. The highest BCUT2D eigenvalue weighted by Crippen LogP contribution is 2.34. The molecule has 0 bridgehead atoms. The van der Waals surface area contributed by atoms with Gasteiger partial charge >= 0.3 is 5.97 Å². The number of carbonyl (C=O) groups is 2. The zero-order chi connectivity index (χ0) is 18.4. The molecule has 5 heteroatoms. The minimum absolute atomic E-state index is 0.0000912. The third-order valence-electron chi connectivity index (χ3n) is 4.21. The summed E-state index contributed by atoms with van der Waals surface area (Å²) in [6.45, 7) is 2.09. The topological polar surface area (TPSA) is 101 Å². The van der Waals surface area contributed by atoms with Crippen molar-refractivity contribution in [2.75, 3.05) is 5.73 Å². The highest BCUT2D eigenvalue weighted by Gasteiger charge is 2.25. The lowest BCUT2D eigenvalue weighted by Crippen LogP contribution is -2.13. The van der Waals surface area contributed by atoms with Crippen LogP contribution in [0.4, 0.5) is 5.69 Å². The second-order valence-corrected chi connectivity index (χ2v) is 6.03. The first-order chi connectivity index (χ1) is 12.0. The van der Waals surface area contributed by atoms with Crippen molar-refractivity contribution < 1.29 is 19.8 Å². The zero-order valence-electron chi connectivity index (χ0n) is 14.3. The second-order valence-electron chi connectivity index (χ2n) is 6.03. The Kier molecular flexibility index (Phi) is 6.17. The highest BCUT2D eigenvalue weighted by molar-refractivity contribution is 6.14. The fourth-order valence-electron chi connectivity index (χ4n) is 2.89. The Hall–Kier alpha value is -2.82. The van der Waals surface area contributed by atoms with E-state index < -0.39 is 11.8 Å². The largest absolute Gasteiger partial charge is 0.505 e. The van der Waals surface area contributed by atoms with Crippen molar-refractivity contribution in [3.8, 4) is 5.75 Å². The van der Waals surface area contributed by atoms with Crippen molar-refractivity contribution in [2.24, 2.45) is 0 Å². The number of anilines is 1. The summed E-state index contributed by atoms with van der Waals surface area (Å²) in [5.41, 5.74) is 6.36. The minimum atomic E-state index is -1.15. The average Bonchev–Trinajstić information content (AvgIpc) is 2.61. The number of hydrogen-bond acceptors (Lipinski definition) is 4. The van der Waals surface area contributed by atoms with Crippen LogP contribution in [0.1, 0.15) is 64.4 Å². The molecule has 0 heterocycles. The molecule has 4 N–H and O–H groups in total. The van der Waals surface area contributed by atoms with E-state index in [2.05, 4.69) is 6.92 Å². The number of ketones is 1. The van der Waals surface area contributed by atoms with Crippen LogP contribution in [0.5, 0.6) is 5.75 Å². The van der Waals surface area contributed by atoms with Gasteiger partial charge in [0.05, 0.1) is 16.8 Å². The van der Waals surface area contributed by atoms with Crippen LogP contribution >= 0.6 is 0 Å². The van der Waals surface area contributed by atoms with E-state index in [1.165, 1.54) is 6.07 Å². The van der Waals surface area contributed by atoms with Gasteiger partial charge < -0.3 is 15.9 Å². The van der Waals surface area contributed by atoms with Gasteiger partial charge in [0.2, 0.25) is 0 Å². The van der Waals surface area contributed by atoms with E-state index in [0.29, 0.717) is 17.5 Å². The second kappa shape index (κ2) is 8.33. The molecule has 132 valence electrons. The Morgan fingerprint density at radius 2 is 1.76 bits per heavy atom. The summed E-state index contributed by atoms with van der Waals surface area (Å²) in [6, 6.07) is 9.71. The molecule has 25 heavy (non-hydrogen) atoms. The molecule has 2 aromatic carbocycles. The molecular formula is C20H23NO4. The number of aromatic carboxylic acids is 1. The Bertz CT molecular complexity index is 769. The molecular weight excluding hydrogens is 318 g/mol. The van der Waals surface area contributed by atoms with Gasteiger partial charge in [-0.3, -0.25) is 4.79 Å². The van der Waals surface area contributed by atoms with E-state index >= 15 is 0 Å². The summed E-state index contributed by atoms with van der Waals surface area (Å²) >= 11 is 0. The Morgan fingerprint density at radius 1 is 1.08 bits per heavy atom. The first-order valence-electron chi connectivity index (χ1n) is 8.44. The summed E-state index contributed by atoms with van der Waals surface area (Å²) in [5, 5.41) is 19.9. The molecule has 0 saturated carbocycles. The number of nitrogen functional groups attached to an aromatic ring is 1. The van der Waals surface area contributed by atoms with Gasteiger partial charge in [0.25, 0.3) is 0 Å². The summed E-state index contributed by atoms with van der Waals surface area (Å²) < 4.78 is 0. The third kappa shape index (κ3) is 4.18. The van der Waals surface area contributed by atoms with Crippen molar-refractivity contribution in [1.29, 1.82) is 0 Å². The number of unbranched alkanes of at least 4 members (excludes halogenated alkanes) is 3. The summed E-state index contributed by atoms with van der Waals surface area (Å²) in [4.78, 5) is 24.5. The van der Waals surface area contributed by atoms with Gasteiger partial charge in [0, 0.05) is 5.56 Å². The van der Waals surface area contributed by atoms with E-state index in [9.17, 15) is 19.8 Å². The highest BCUT2D eigenvalue weighted by atomic mass is 16.4. The average molecular weight is 341 g/mol. The van der Waals surface area contributed by atoms with Crippen molar-refractivity contribution in [1.82, 2.24) is 0 Å². The lowest BCUT2D eigenvalue weighted by atomic mass is 9.89. The first kappa shape index (κ1) is 18.5. The predicted molar refractivity (Wildman–Crippen MR) is 97.2 cm³/mol. The normalized spacial score (nSPS) is 10.6. The van der Waals surface area contributed by atoms with Crippen LogP contribution in [0.3, 0.4) is 0 Å². The van der Waals surface area contributed by atoms with Gasteiger partial charge in [-0.05, 0) is 24.5 Å². The molecule has 0 unspecified atom stereocenters. The van der Waals surface area contributed by atoms with Crippen LogP contribution in [0.25, 0.3) is 0 Å². The molecule has 0 amide bonds. The van der Waals surface area contributed by atoms with Crippen LogP contribution in [0.2, 0.25) is 0 Å². The summed E-state index contributed by atoms with van der Waals surface area (Å²) in [6.07, 6.45) is 4.16. The fourth-order valence-corrected chi connectivity index (χ4v) is 2.89. The van der Waals surface area contributed by atoms with E-state index in [0.717, 1.165) is 25.7 Å². The molecule has 0 spiro atoms. The quantitative estimate of drug-likeness (QED) is 0.291. The molecule has 0 saturated heterocycles. The molecule has 2 rings (SSSR count). The van der Waals surface area contributed by atoms with E-state index in [1.54, 1.807) is 30.3 Å². The number of carboxylic acid groups (broad SMARTS) is 1. The van der Waals surface area contributed by atoms with Crippen LogP contribution < -0.4 is 5.73 Å². The van der Waals surface area contributed by atoms with Gasteiger partial charge in [-0.2, -0.15) is 0 Å². The molecule has 0 aromatic heterocycles. The molecule has 0 aliphatic carbocycles. The van der Waals surface area contributed by atoms with Crippen LogP contribution in [0, 0.1) is 0 Å². The molecule has 0 radical (unpaired) electrons. The molecule has 0 aliphatic rings. The van der Waals surface area contributed by atoms with E-state index in [1.807, 2.05) is 0 Å². The summed E-state index contributed by atoms with van der Waals surface area (Å²) in [7, 11) is 0. The lowest BCUT2D eigenvalue weighted by Gasteiger charge is -2.16. The van der Waals surface area contributed by atoms with Crippen molar-refractivity contribution >= 4 is 17.4 Å². The van der Waals surface area contributed by atoms with Gasteiger partial charge in [-0.25, -0.2) is 4.79 Å². The maximum Gasteiger partial charge on any atom is 0.336 e. The maximum absolute atomic E-state index is 12.9. The monoisotopic (exact) mass is 341 g/mol. The lowest BCUT2D eigenvalue weighted by molar-refractivity contribution is 0.0695. The van der Waals surface area contributed by atoms with Crippen LogP contribution in [-0.4, -0.2) is 22.0 Å². The SMILES string of the molecule is CCCCCCc1c(C(=O)O)cc(N)c(O)c1C(=O)c1ccccc1. The minimum Gasteiger partial charge on any atom is -0.505 e. The van der Waals surface area contributed by atoms with E-state index in [4.69, 9.17) is 5.73 Å². The number of rotatable bonds is 8. The number of nitrogens with two attached hydrogens (primary N) is 1. The molecule has 5 nitrogen and oxygen atoms in total. The number of hydrogen-bond donors (Lipinski definition) is 3. The number of phenols is 1. The molecule has 0 aliphatic heterocycles. The number of carbonyl (C=O) groups excluding carboxylic acids is 1. The smallest absolute Gasteiger partial charge is 0.336 e. The van der Waals surface area contributed by atoms with Crippen molar-refractivity contribution in [3.63, 3.8) is 0 Å². The van der Waals surface area contributed by atoms with Crippen molar-refractivity contribution in [3.05, 3.63) is 58.7 Å². The third-order valence-corrected chi connectivity index (χ3v) is 4.21. The Balaban J connectivity index is 2.54. The number of aromatic hydroxyl groups is 1. The van der Waals surface area contributed by atoms with Crippen molar-refractivity contribution in [2.45, 2.75) is 39.0 Å². The van der Waals surface area contributed by atoms with Gasteiger partial charge in [0.15, 0.2) is 5.78 Å². The Labute approximate surface area is 147 Å². The number of carboxylic acids is 1. The van der Waals surface area contributed by atoms with Gasteiger partial charge in [-0.1, -0.05) is 56.5 Å². The number of benzene rings is 2. The summed E-state index contributed by atoms with van der Waals surface area (Å²) in [5.74, 6) is -1.91. The van der Waals surface area contributed by atoms with Gasteiger partial charge in [0.1, 0.15) is 5.75 Å². The molecule has 0 atom stereocenters. The van der Waals surface area contributed by atoms with E-state index in [-0.39, 0.29) is 22.6 Å². The fraction of sp³-hybridized carbons (Fsp3) is 0.300.